The van der Waals surface area contributed by atoms with Crippen LogP contribution in [0.1, 0.15) is 72.3 Å². The second kappa shape index (κ2) is 13.2. The van der Waals surface area contributed by atoms with E-state index >= 15 is 0 Å². The number of carbonyl (C=O) groups is 2. The fraction of sp³-hybridized carbons (Fsp3) is 0.351. The third kappa shape index (κ3) is 6.14. The van der Waals surface area contributed by atoms with Crippen LogP contribution in [-0.2, 0) is 6.54 Å². The molecule has 4 aromatic rings. The lowest BCUT2D eigenvalue weighted by Gasteiger charge is -2.37. The third-order valence-corrected chi connectivity index (χ3v) is 9.52. The first-order chi connectivity index (χ1) is 22.5. The Morgan fingerprint density at radius 2 is 1.70 bits per heavy atom. The molecule has 1 saturated carbocycles. The summed E-state index contributed by atoms with van der Waals surface area (Å²) >= 11 is 0. The maximum absolute atomic E-state index is 14.8. The number of imidazole rings is 1. The molecule has 1 aromatic heterocycles. The smallest absolute Gasteiger partial charge is 0.349 e. The van der Waals surface area contributed by atoms with Crippen LogP contribution >= 0.6 is 0 Å². The standard InChI is InChI=1S/C37H41N7O2/c1-26-12-17-32-33(24-26)43(30-15-13-29(14-16-30)40-25-34-38-20-21-39-34)37(46)44(41-35(32)27-8-4-2-5-9-27)31-18-22-42(23-19-31)36(45)28-10-6-3-7-11-28/h3,6-7,10-17,20-21,24,27,31,40H,2,4-5,8-9,18-19,22-23,25H2,1H3,(H,38,39). The van der Waals surface area contributed by atoms with Gasteiger partial charge >= 0.3 is 6.03 Å². The molecule has 9 nitrogen and oxygen atoms in total. The van der Waals surface area contributed by atoms with Crippen LogP contribution in [0.3, 0.4) is 0 Å². The number of hydrazone groups is 1. The maximum Gasteiger partial charge on any atom is 0.349 e. The summed E-state index contributed by atoms with van der Waals surface area (Å²) in [6.07, 6.45) is 10.6. The van der Waals surface area contributed by atoms with Gasteiger partial charge in [-0.05, 0) is 80.6 Å². The summed E-state index contributed by atoms with van der Waals surface area (Å²) in [4.78, 5) is 39.2. The molecule has 9 heteroatoms. The van der Waals surface area contributed by atoms with Crippen molar-refractivity contribution in [3.05, 3.63) is 108 Å². The highest BCUT2D eigenvalue weighted by Crippen LogP contribution is 2.39. The van der Waals surface area contributed by atoms with Crippen molar-refractivity contribution in [1.82, 2.24) is 19.9 Å². The molecule has 0 bridgehead atoms. The van der Waals surface area contributed by atoms with Gasteiger partial charge in [-0.1, -0.05) is 49.6 Å². The van der Waals surface area contributed by atoms with Gasteiger partial charge in [0.1, 0.15) is 5.82 Å². The molecule has 2 aliphatic heterocycles. The van der Waals surface area contributed by atoms with Crippen molar-refractivity contribution < 1.29 is 9.59 Å². The number of carbonyl (C=O) groups excluding carboxylic acids is 2. The van der Waals surface area contributed by atoms with Gasteiger partial charge in [-0.2, -0.15) is 5.10 Å². The fourth-order valence-electron chi connectivity index (χ4n) is 7.01. The molecule has 0 unspecified atom stereocenters. The second-order valence-corrected chi connectivity index (χ2v) is 12.6. The first kappa shape index (κ1) is 29.8. The lowest BCUT2D eigenvalue weighted by molar-refractivity contribution is 0.0657. The predicted octanol–water partition coefficient (Wildman–Crippen LogP) is 7.49. The zero-order valence-corrected chi connectivity index (χ0v) is 26.4. The molecule has 3 amide bonds. The van der Waals surface area contributed by atoms with Crippen LogP contribution in [0.4, 0.5) is 21.9 Å². The Morgan fingerprint density at radius 3 is 2.41 bits per heavy atom. The largest absolute Gasteiger partial charge is 0.378 e. The number of aromatic nitrogens is 2. The number of hydrogen-bond acceptors (Lipinski definition) is 5. The first-order valence-electron chi connectivity index (χ1n) is 16.5. The van der Waals surface area contributed by atoms with Crippen LogP contribution in [0.5, 0.6) is 0 Å². The van der Waals surface area contributed by atoms with E-state index in [2.05, 4.69) is 40.4 Å². The summed E-state index contributed by atoms with van der Waals surface area (Å²) < 4.78 is 0. The average Bonchev–Trinajstić information content (AvgIpc) is 3.59. The minimum atomic E-state index is -0.151. The zero-order chi connectivity index (χ0) is 31.5. The SMILES string of the molecule is Cc1ccc2c(c1)N(c1ccc(NCc3ncc[nH]3)cc1)C(=O)N(C1CCN(C(=O)c3ccccc3)CC1)N=C2C1CCCCC1. The number of hydrogen-bond donors (Lipinski definition) is 2. The van der Waals surface area contributed by atoms with E-state index in [1.54, 1.807) is 11.2 Å². The van der Waals surface area contributed by atoms with Gasteiger partial charge in [-0.25, -0.2) is 14.8 Å². The maximum atomic E-state index is 14.8. The number of benzene rings is 3. The van der Waals surface area contributed by atoms with Crippen LogP contribution in [0.15, 0.2) is 90.3 Å². The molecule has 1 aliphatic carbocycles. The number of H-pyrrole nitrogens is 1. The minimum Gasteiger partial charge on any atom is -0.378 e. The third-order valence-electron chi connectivity index (χ3n) is 9.52. The summed E-state index contributed by atoms with van der Waals surface area (Å²) in [6.45, 7) is 3.82. The first-order valence-corrected chi connectivity index (χ1v) is 16.5. The van der Waals surface area contributed by atoms with Gasteiger partial charge in [0.05, 0.1) is 29.7 Å². The topological polar surface area (TPSA) is 96.9 Å². The van der Waals surface area contributed by atoms with E-state index in [-0.39, 0.29) is 18.0 Å². The fourth-order valence-corrected chi connectivity index (χ4v) is 7.01. The number of aryl methyl sites for hydroxylation is 1. The molecule has 2 N–H and O–H groups in total. The normalized spacial score (nSPS) is 17.8. The van der Waals surface area contributed by atoms with Gasteiger partial charge in [0.2, 0.25) is 0 Å². The summed E-state index contributed by atoms with van der Waals surface area (Å²) in [5, 5.41) is 10.4. The molecule has 2 fully saturated rings. The summed E-state index contributed by atoms with van der Waals surface area (Å²) in [6, 6.07) is 23.6. The highest BCUT2D eigenvalue weighted by molar-refractivity contribution is 6.14. The molecule has 3 aliphatic rings. The lowest BCUT2D eigenvalue weighted by Crippen LogP contribution is -2.49. The van der Waals surface area contributed by atoms with E-state index in [1.165, 1.54) is 19.3 Å². The molecule has 0 spiro atoms. The van der Waals surface area contributed by atoms with E-state index in [0.29, 0.717) is 44.0 Å². The van der Waals surface area contributed by atoms with E-state index in [9.17, 15) is 9.59 Å². The van der Waals surface area contributed by atoms with Gasteiger partial charge in [0.25, 0.3) is 5.91 Å². The van der Waals surface area contributed by atoms with Gasteiger partial charge in [0.15, 0.2) is 0 Å². The minimum absolute atomic E-state index is 0.0397. The van der Waals surface area contributed by atoms with Crippen LogP contribution in [0.2, 0.25) is 0 Å². The van der Waals surface area contributed by atoms with Crippen molar-refractivity contribution in [2.75, 3.05) is 23.3 Å². The van der Waals surface area contributed by atoms with Crippen molar-refractivity contribution in [2.45, 2.75) is 64.5 Å². The molecule has 3 aromatic carbocycles. The van der Waals surface area contributed by atoms with E-state index in [4.69, 9.17) is 5.10 Å². The molecule has 1 saturated heterocycles. The number of amides is 3. The lowest BCUT2D eigenvalue weighted by atomic mass is 9.82. The second-order valence-electron chi connectivity index (χ2n) is 12.6. The monoisotopic (exact) mass is 615 g/mol. The highest BCUT2D eigenvalue weighted by Gasteiger charge is 2.38. The molecular weight excluding hydrogens is 574 g/mol. The zero-order valence-electron chi connectivity index (χ0n) is 26.4. The number of rotatable bonds is 7. The van der Waals surface area contributed by atoms with E-state index in [0.717, 1.165) is 52.6 Å². The van der Waals surface area contributed by atoms with Crippen LogP contribution in [0, 0.1) is 12.8 Å². The van der Waals surface area contributed by atoms with Crippen molar-refractivity contribution in [1.29, 1.82) is 0 Å². The summed E-state index contributed by atoms with van der Waals surface area (Å²) in [5.74, 6) is 1.20. The van der Waals surface area contributed by atoms with Gasteiger partial charge in [-0.15, -0.1) is 0 Å². The molecule has 3 heterocycles. The average molecular weight is 616 g/mol. The van der Waals surface area contributed by atoms with E-state index in [1.807, 2.05) is 70.6 Å². The number of piperidine rings is 1. The van der Waals surface area contributed by atoms with Gasteiger partial charge < -0.3 is 15.2 Å². The van der Waals surface area contributed by atoms with Gasteiger partial charge in [0, 0.05) is 48.2 Å². The molecule has 0 radical (unpaired) electrons. The number of likely N-dealkylation sites (tertiary alicyclic amines) is 1. The van der Waals surface area contributed by atoms with E-state index < -0.39 is 0 Å². The van der Waals surface area contributed by atoms with Crippen LogP contribution in [0.25, 0.3) is 0 Å². The Labute approximate surface area is 270 Å². The quantitative estimate of drug-likeness (QED) is 0.225. The Kier molecular flexibility index (Phi) is 8.55. The van der Waals surface area contributed by atoms with Crippen molar-refractivity contribution in [2.24, 2.45) is 11.0 Å². The molecule has 236 valence electrons. The molecule has 0 atom stereocenters. The van der Waals surface area contributed by atoms with Crippen molar-refractivity contribution in [3.8, 4) is 0 Å². The number of urea groups is 1. The highest BCUT2D eigenvalue weighted by atomic mass is 16.2. The number of aromatic amines is 1. The Balaban J connectivity index is 1.21. The van der Waals surface area contributed by atoms with Crippen molar-refractivity contribution >= 4 is 34.7 Å². The van der Waals surface area contributed by atoms with Crippen LogP contribution in [-0.4, -0.2) is 56.7 Å². The summed E-state index contributed by atoms with van der Waals surface area (Å²) in [5.41, 5.74) is 6.46. The number of nitrogens with zero attached hydrogens (tertiary/aromatic N) is 5. The molecule has 7 rings (SSSR count). The number of fused-ring (bicyclic) bond motifs is 1. The number of nitrogens with one attached hydrogen (secondary N) is 2. The predicted molar refractivity (Wildman–Crippen MR) is 181 cm³/mol. The Bertz CT molecular complexity index is 1690. The Hall–Kier alpha value is -4.92. The van der Waals surface area contributed by atoms with Crippen LogP contribution < -0.4 is 10.2 Å². The molecular formula is C37H41N7O2. The molecule has 46 heavy (non-hydrogen) atoms. The summed E-state index contributed by atoms with van der Waals surface area (Å²) in [7, 11) is 0. The number of anilines is 3. The van der Waals surface area contributed by atoms with Crippen molar-refractivity contribution in [3.63, 3.8) is 0 Å². The van der Waals surface area contributed by atoms with Gasteiger partial charge in [-0.3, -0.25) is 9.69 Å². The Morgan fingerprint density at radius 1 is 0.935 bits per heavy atom.